The Kier molecular flexibility index (Phi) is 6.24. The third-order valence-electron chi connectivity index (χ3n) is 4.29. The second kappa shape index (κ2) is 8.01. The number of H-pyrrole nitrogens is 1. The lowest BCUT2D eigenvalue weighted by Crippen LogP contribution is -2.40. The van der Waals surface area contributed by atoms with Gasteiger partial charge in [0.2, 0.25) is 0 Å². The molecule has 2 aromatic rings. The van der Waals surface area contributed by atoms with Crippen molar-refractivity contribution in [3.05, 3.63) is 41.7 Å². The van der Waals surface area contributed by atoms with Crippen LogP contribution in [0.2, 0.25) is 19.6 Å². The monoisotopic (exact) mass is 360 g/mol. The molecule has 7 heteroatoms. The van der Waals surface area contributed by atoms with Gasteiger partial charge in [0, 0.05) is 23.7 Å². The minimum absolute atomic E-state index is 0.174. The highest BCUT2D eigenvalue weighted by Crippen LogP contribution is 2.29. The number of carbonyl (C=O) groups is 1. The van der Waals surface area contributed by atoms with E-state index in [1.807, 2.05) is 0 Å². The summed E-state index contributed by atoms with van der Waals surface area (Å²) >= 11 is 0. The number of nitrogens with one attached hydrogen (secondary N) is 1. The maximum absolute atomic E-state index is 11.7. The number of rotatable bonds is 9. The van der Waals surface area contributed by atoms with E-state index in [0.717, 1.165) is 36.8 Å². The molecule has 6 nitrogen and oxygen atoms in total. The number of aromatic nitrogens is 4. The molecule has 0 saturated carbocycles. The number of aromatic amines is 1. The lowest BCUT2D eigenvalue weighted by molar-refractivity contribution is -0.108. The van der Waals surface area contributed by atoms with Crippen LogP contribution in [0.3, 0.4) is 0 Å². The largest absolute Gasteiger partial charge is 0.412 e. The second-order valence-electron chi connectivity index (χ2n) is 7.54. The van der Waals surface area contributed by atoms with Crippen molar-refractivity contribution in [3.63, 3.8) is 0 Å². The molecule has 0 saturated heterocycles. The van der Waals surface area contributed by atoms with Gasteiger partial charge in [0.1, 0.15) is 18.0 Å². The van der Waals surface area contributed by atoms with Crippen molar-refractivity contribution in [1.82, 2.24) is 20.2 Å². The molecule has 2 rings (SSSR count). The third kappa shape index (κ3) is 5.30. The van der Waals surface area contributed by atoms with Crippen LogP contribution in [-0.4, -0.2) is 40.4 Å². The first-order valence-corrected chi connectivity index (χ1v) is 12.1. The molecule has 1 unspecified atom stereocenters. The SMILES string of the molecule is CC[C@](C)(CCc1[nH]ncc1C(C=O)c1ncccn1)O[Si](C)(C)C. The fourth-order valence-corrected chi connectivity index (χ4v) is 4.69. The number of aldehydes is 1. The van der Waals surface area contributed by atoms with Crippen LogP contribution in [0.4, 0.5) is 0 Å². The van der Waals surface area contributed by atoms with Crippen molar-refractivity contribution in [1.29, 1.82) is 0 Å². The smallest absolute Gasteiger partial charge is 0.184 e. The van der Waals surface area contributed by atoms with Gasteiger partial charge in [-0.1, -0.05) is 6.92 Å². The van der Waals surface area contributed by atoms with Gasteiger partial charge in [-0.3, -0.25) is 5.10 Å². The average Bonchev–Trinajstić information content (AvgIpc) is 3.02. The van der Waals surface area contributed by atoms with Gasteiger partial charge in [-0.25, -0.2) is 9.97 Å². The predicted molar refractivity (Wildman–Crippen MR) is 100.0 cm³/mol. The summed E-state index contributed by atoms with van der Waals surface area (Å²) in [6.07, 6.45) is 8.45. The molecule has 2 heterocycles. The molecule has 0 radical (unpaired) electrons. The summed E-state index contributed by atoms with van der Waals surface area (Å²) in [6, 6.07) is 1.74. The van der Waals surface area contributed by atoms with Gasteiger partial charge in [-0.05, 0) is 51.9 Å². The molecule has 0 aliphatic carbocycles. The quantitative estimate of drug-likeness (QED) is 0.547. The molecule has 0 aliphatic heterocycles. The Morgan fingerprint density at radius 2 is 2.00 bits per heavy atom. The normalized spacial score (nSPS) is 15.6. The van der Waals surface area contributed by atoms with Gasteiger partial charge >= 0.3 is 0 Å². The zero-order valence-corrected chi connectivity index (χ0v) is 16.7. The second-order valence-corrected chi connectivity index (χ2v) is 12.0. The van der Waals surface area contributed by atoms with E-state index in [9.17, 15) is 4.79 Å². The van der Waals surface area contributed by atoms with E-state index in [1.165, 1.54) is 0 Å². The zero-order valence-electron chi connectivity index (χ0n) is 15.7. The highest BCUT2D eigenvalue weighted by Gasteiger charge is 2.30. The number of aryl methyl sites for hydroxylation is 1. The summed E-state index contributed by atoms with van der Waals surface area (Å²) in [5, 5.41) is 7.19. The number of hydrogen-bond acceptors (Lipinski definition) is 5. The molecular weight excluding hydrogens is 332 g/mol. The lowest BCUT2D eigenvalue weighted by Gasteiger charge is -2.35. The molecule has 0 bridgehead atoms. The number of carbonyl (C=O) groups excluding carboxylic acids is 1. The van der Waals surface area contributed by atoms with E-state index in [-0.39, 0.29) is 5.60 Å². The Morgan fingerprint density at radius 1 is 1.32 bits per heavy atom. The van der Waals surface area contributed by atoms with E-state index in [2.05, 4.69) is 53.7 Å². The molecule has 25 heavy (non-hydrogen) atoms. The molecule has 0 spiro atoms. The van der Waals surface area contributed by atoms with Crippen molar-refractivity contribution in [3.8, 4) is 0 Å². The van der Waals surface area contributed by atoms with Crippen molar-refractivity contribution < 1.29 is 9.22 Å². The molecule has 1 N–H and O–H groups in total. The Hall–Kier alpha value is -1.86. The standard InChI is InChI=1S/C18H28N4O2Si/c1-6-18(2,24-25(3,4)5)9-8-16-14(12-21-22-16)15(13-23)17-19-10-7-11-20-17/h7,10-13,15H,6,8-9H2,1-5H3,(H,21,22)/t15?,18-/m1/s1. The molecule has 0 aromatic carbocycles. The Morgan fingerprint density at radius 3 is 2.56 bits per heavy atom. The predicted octanol–water partition coefficient (Wildman–Crippen LogP) is 3.48. The third-order valence-corrected chi connectivity index (χ3v) is 5.40. The molecule has 0 amide bonds. The Labute approximate surface area is 150 Å². The first kappa shape index (κ1) is 19.5. The van der Waals surface area contributed by atoms with Crippen molar-refractivity contribution in [2.45, 2.75) is 64.3 Å². The Bertz CT molecular complexity index is 684. The fourth-order valence-electron chi connectivity index (χ4n) is 2.96. The molecule has 136 valence electrons. The first-order chi connectivity index (χ1) is 11.8. The summed E-state index contributed by atoms with van der Waals surface area (Å²) in [5.74, 6) is -0.00232. The Balaban J connectivity index is 2.17. The summed E-state index contributed by atoms with van der Waals surface area (Å²) in [6.45, 7) is 10.9. The van der Waals surface area contributed by atoms with E-state index >= 15 is 0 Å². The van der Waals surface area contributed by atoms with Crippen LogP contribution in [0.15, 0.2) is 24.7 Å². The van der Waals surface area contributed by atoms with Gasteiger partial charge in [0.05, 0.1) is 11.8 Å². The van der Waals surface area contributed by atoms with E-state index < -0.39 is 14.2 Å². The highest BCUT2D eigenvalue weighted by molar-refractivity contribution is 6.69. The van der Waals surface area contributed by atoms with Crippen LogP contribution < -0.4 is 0 Å². The van der Waals surface area contributed by atoms with E-state index in [0.29, 0.717) is 5.82 Å². The van der Waals surface area contributed by atoms with Crippen molar-refractivity contribution >= 4 is 14.6 Å². The van der Waals surface area contributed by atoms with Crippen LogP contribution in [0.5, 0.6) is 0 Å². The minimum Gasteiger partial charge on any atom is -0.412 e. The van der Waals surface area contributed by atoms with Crippen LogP contribution in [-0.2, 0) is 15.6 Å². The zero-order chi connectivity index (χ0) is 18.5. The number of nitrogens with zero attached hydrogens (tertiary/aromatic N) is 3. The van der Waals surface area contributed by atoms with Gasteiger partial charge in [0.25, 0.3) is 0 Å². The van der Waals surface area contributed by atoms with E-state index in [1.54, 1.807) is 24.7 Å². The van der Waals surface area contributed by atoms with Crippen LogP contribution >= 0.6 is 0 Å². The summed E-state index contributed by atoms with van der Waals surface area (Å²) < 4.78 is 6.39. The van der Waals surface area contributed by atoms with Gasteiger partial charge in [-0.2, -0.15) is 5.10 Å². The van der Waals surface area contributed by atoms with Crippen LogP contribution in [0, 0.1) is 0 Å². The molecule has 0 aliphatic rings. The molecule has 2 aromatic heterocycles. The molecule has 0 fully saturated rings. The number of hydrogen-bond donors (Lipinski definition) is 1. The summed E-state index contributed by atoms with van der Waals surface area (Å²) in [4.78, 5) is 20.1. The summed E-state index contributed by atoms with van der Waals surface area (Å²) in [5.41, 5.74) is 1.61. The van der Waals surface area contributed by atoms with Gasteiger partial charge in [0.15, 0.2) is 8.32 Å². The van der Waals surface area contributed by atoms with Crippen molar-refractivity contribution in [2.24, 2.45) is 0 Å². The van der Waals surface area contributed by atoms with Crippen LogP contribution in [0.25, 0.3) is 0 Å². The minimum atomic E-state index is -1.63. The average molecular weight is 361 g/mol. The topological polar surface area (TPSA) is 80.8 Å². The van der Waals surface area contributed by atoms with Crippen molar-refractivity contribution in [2.75, 3.05) is 0 Å². The maximum atomic E-state index is 11.7. The van der Waals surface area contributed by atoms with Gasteiger partial charge in [-0.15, -0.1) is 0 Å². The fraction of sp³-hybridized carbons (Fsp3) is 0.556. The first-order valence-electron chi connectivity index (χ1n) is 8.72. The lowest BCUT2D eigenvalue weighted by atomic mass is 9.92. The van der Waals surface area contributed by atoms with Gasteiger partial charge < -0.3 is 9.22 Å². The van der Waals surface area contributed by atoms with Crippen LogP contribution in [0.1, 0.15) is 49.7 Å². The molecular formula is C18H28N4O2Si. The summed E-state index contributed by atoms with van der Waals surface area (Å²) in [7, 11) is -1.63. The van der Waals surface area contributed by atoms with E-state index in [4.69, 9.17) is 4.43 Å². The molecule has 2 atom stereocenters. The highest BCUT2D eigenvalue weighted by atomic mass is 28.4. The maximum Gasteiger partial charge on any atom is 0.184 e.